The average molecular weight is 335 g/mol. The molecular weight excluding hydrogens is 310 g/mol. The van der Waals surface area contributed by atoms with E-state index in [2.05, 4.69) is 43.1 Å². The molecule has 0 N–H and O–H groups in total. The molecule has 4 atom stereocenters. The van der Waals surface area contributed by atoms with Gasteiger partial charge in [-0.05, 0) is 50.9 Å². The van der Waals surface area contributed by atoms with Gasteiger partial charge < -0.3 is 4.74 Å². The Bertz CT molecular complexity index is 740. The van der Waals surface area contributed by atoms with Crippen LogP contribution in [0.15, 0.2) is 54.6 Å². The summed E-state index contributed by atoms with van der Waals surface area (Å²) in [4.78, 5) is 15.5. The van der Waals surface area contributed by atoms with Gasteiger partial charge in [0.25, 0.3) is 0 Å². The van der Waals surface area contributed by atoms with Gasteiger partial charge in [0.05, 0.1) is 5.92 Å². The Morgan fingerprint density at radius 2 is 1.76 bits per heavy atom. The van der Waals surface area contributed by atoms with Gasteiger partial charge in [-0.3, -0.25) is 9.69 Å². The van der Waals surface area contributed by atoms with Crippen molar-refractivity contribution in [1.29, 1.82) is 0 Å². The molecule has 2 heterocycles. The highest BCUT2D eigenvalue weighted by atomic mass is 16.5. The van der Waals surface area contributed by atoms with Crippen LogP contribution in [0.3, 0.4) is 0 Å². The third-order valence-electron chi connectivity index (χ3n) is 6.01. The number of hydrogen-bond acceptors (Lipinski definition) is 3. The van der Waals surface area contributed by atoms with Crippen LogP contribution in [0.4, 0.5) is 0 Å². The molecule has 2 aromatic rings. The van der Waals surface area contributed by atoms with Gasteiger partial charge in [-0.1, -0.05) is 48.0 Å². The molecule has 25 heavy (non-hydrogen) atoms. The number of aryl methyl sites for hydroxylation is 1. The summed E-state index contributed by atoms with van der Waals surface area (Å²) in [7, 11) is 2.16. The maximum absolute atomic E-state index is 13.1. The highest BCUT2D eigenvalue weighted by Gasteiger charge is 2.49. The maximum atomic E-state index is 13.1. The zero-order valence-corrected chi connectivity index (χ0v) is 14.9. The van der Waals surface area contributed by atoms with Crippen LogP contribution in [0.5, 0.6) is 5.75 Å². The molecule has 2 bridgehead atoms. The Hall–Kier alpha value is -2.13. The number of fused-ring (bicyclic) bond motifs is 2. The summed E-state index contributed by atoms with van der Waals surface area (Å²) < 4.78 is 5.76. The van der Waals surface area contributed by atoms with Crippen LogP contribution in [-0.4, -0.2) is 30.0 Å². The lowest BCUT2D eigenvalue weighted by Gasteiger charge is -2.41. The third kappa shape index (κ3) is 3.09. The SMILES string of the molecule is Cc1ccc([C@H]2C[C@@H]3CC[C@H]([C@H]2C(=O)Oc2ccccc2)N3C)cc1. The van der Waals surface area contributed by atoms with Crippen LogP contribution in [0, 0.1) is 12.8 Å². The number of carbonyl (C=O) groups is 1. The van der Waals surface area contributed by atoms with Gasteiger partial charge in [0.1, 0.15) is 5.75 Å². The van der Waals surface area contributed by atoms with Gasteiger partial charge in [0, 0.05) is 18.0 Å². The van der Waals surface area contributed by atoms with E-state index in [4.69, 9.17) is 4.74 Å². The highest BCUT2D eigenvalue weighted by Crippen LogP contribution is 2.46. The van der Waals surface area contributed by atoms with Gasteiger partial charge in [0.2, 0.25) is 0 Å². The fourth-order valence-electron chi connectivity index (χ4n) is 4.62. The van der Waals surface area contributed by atoms with Gasteiger partial charge in [0.15, 0.2) is 0 Å². The molecular formula is C22H25NO2. The van der Waals surface area contributed by atoms with Crippen molar-refractivity contribution in [2.45, 2.75) is 44.2 Å². The lowest BCUT2D eigenvalue weighted by Crippen LogP contribution is -2.49. The molecule has 2 fully saturated rings. The standard InChI is InChI=1S/C22H25NO2/c1-15-8-10-16(11-9-15)19-14-17-12-13-20(23(17)2)21(19)22(24)25-18-6-4-3-5-7-18/h3-11,17,19-21H,12-14H2,1-2H3/t17-,19+,20+,21-/m0/s1. The smallest absolute Gasteiger partial charge is 0.316 e. The van der Waals surface area contributed by atoms with E-state index in [0.717, 1.165) is 12.8 Å². The minimum absolute atomic E-state index is 0.0889. The summed E-state index contributed by atoms with van der Waals surface area (Å²) in [6.45, 7) is 2.10. The number of ether oxygens (including phenoxy) is 1. The summed E-state index contributed by atoms with van der Waals surface area (Å²) in [5.74, 6) is 0.684. The Kier molecular flexibility index (Phi) is 4.34. The van der Waals surface area contributed by atoms with Crippen molar-refractivity contribution in [3.05, 3.63) is 65.7 Å². The number of piperidine rings is 1. The second-order valence-corrected chi connectivity index (χ2v) is 7.48. The Morgan fingerprint density at radius 3 is 2.48 bits per heavy atom. The molecule has 0 amide bonds. The third-order valence-corrected chi connectivity index (χ3v) is 6.01. The van der Waals surface area contributed by atoms with Crippen LogP contribution in [0.1, 0.15) is 36.3 Å². The first-order chi connectivity index (χ1) is 12.1. The fraction of sp³-hybridized carbons (Fsp3) is 0.409. The molecule has 0 aliphatic carbocycles. The number of benzene rings is 2. The molecule has 3 nitrogen and oxygen atoms in total. The van der Waals surface area contributed by atoms with Crippen LogP contribution in [0.25, 0.3) is 0 Å². The molecule has 130 valence electrons. The minimum atomic E-state index is -0.105. The van der Waals surface area contributed by atoms with E-state index in [1.54, 1.807) is 0 Å². The monoisotopic (exact) mass is 335 g/mol. The summed E-state index contributed by atoms with van der Waals surface area (Å²) in [6.07, 6.45) is 3.29. The van der Waals surface area contributed by atoms with E-state index >= 15 is 0 Å². The number of carbonyl (C=O) groups excluding carboxylic acids is 1. The molecule has 3 heteroatoms. The summed E-state index contributed by atoms with van der Waals surface area (Å²) in [6, 6.07) is 19.0. The lowest BCUT2D eigenvalue weighted by atomic mass is 9.76. The molecule has 0 saturated carbocycles. The van der Waals surface area contributed by atoms with E-state index in [1.807, 2.05) is 30.3 Å². The van der Waals surface area contributed by atoms with Crippen molar-refractivity contribution >= 4 is 5.97 Å². The number of para-hydroxylation sites is 1. The fourth-order valence-corrected chi connectivity index (χ4v) is 4.62. The summed E-state index contributed by atoms with van der Waals surface area (Å²) in [5, 5.41) is 0. The van der Waals surface area contributed by atoms with E-state index in [1.165, 1.54) is 17.5 Å². The number of rotatable bonds is 3. The zero-order valence-electron chi connectivity index (χ0n) is 14.9. The average Bonchev–Trinajstić information content (AvgIpc) is 2.86. The molecule has 2 saturated heterocycles. The molecule has 0 radical (unpaired) electrons. The van der Waals surface area contributed by atoms with Crippen molar-refractivity contribution in [3.63, 3.8) is 0 Å². The lowest BCUT2D eigenvalue weighted by molar-refractivity contribution is -0.143. The van der Waals surface area contributed by atoms with Crippen molar-refractivity contribution in [1.82, 2.24) is 4.90 Å². The largest absolute Gasteiger partial charge is 0.426 e. The Balaban J connectivity index is 1.64. The van der Waals surface area contributed by atoms with Crippen molar-refractivity contribution in [3.8, 4) is 5.75 Å². The first kappa shape index (κ1) is 16.3. The first-order valence-electron chi connectivity index (χ1n) is 9.19. The van der Waals surface area contributed by atoms with E-state index in [-0.39, 0.29) is 23.8 Å². The number of esters is 1. The molecule has 0 aromatic heterocycles. The topological polar surface area (TPSA) is 29.5 Å². The van der Waals surface area contributed by atoms with Crippen molar-refractivity contribution in [2.24, 2.45) is 5.92 Å². The molecule has 0 unspecified atom stereocenters. The van der Waals surface area contributed by atoms with Crippen molar-refractivity contribution < 1.29 is 9.53 Å². The molecule has 0 spiro atoms. The molecule has 4 rings (SSSR count). The maximum Gasteiger partial charge on any atom is 0.316 e. The van der Waals surface area contributed by atoms with Gasteiger partial charge in [-0.25, -0.2) is 0 Å². The van der Waals surface area contributed by atoms with Crippen LogP contribution in [0.2, 0.25) is 0 Å². The number of nitrogens with zero attached hydrogens (tertiary/aromatic N) is 1. The highest BCUT2D eigenvalue weighted by molar-refractivity contribution is 5.77. The van der Waals surface area contributed by atoms with Gasteiger partial charge in [-0.15, -0.1) is 0 Å². The van der Waals surface area contributed by atoms with Crippen molar-refractivity contribution in [2.75, 3.05) is 7.05 Å². The van der Waals surface area contributed by atoms with Gasteiger partial charge >= 0.3 is 5.97 Å². The van der Waals surface area contributed by atoms with Crippen LogP contribution < -0.4 is 4.74 Å². The quantitative estimate of drug-likeness (QED) is 0.623. The Labute approximate surface area is 149 Å². The van der Waals surface area contributed by atoms with Gasteiger partial charge in [-0.2, -0.15) is 0 Å². The second-order valence-electron chi connectivity index (χ2n) is 7.48. The number of hydrogen-bond donors (Lipinski definition) is 0. The normalized spacial score (nSPS) is 28.7. The summed E-state index contributed by atoms with van der Waals surface area (Å²) >= 11 is 0. The van der Waals surface area contributed by atoms with E-state index in [0.29, 0.717) is 11.8 Å². The van der Waals surface area contributed by atoms with E-state index < -0.39 is 0 Å². The predicted octanol–water partition coefficient (Wildman–Crippen LogP) is 4.17. The predicted molar refractivity (Wildman–Crippen MR) is 98.7 cm³/mol. The Morgan fingerprint density at radius 1 is 1.04 bits per heavy atom. The summed E-state index contributed by atoms with van der Waals surface area (Å²) in [5.41, 5.74) is 2.52. The zero-order chi connectivity index (χ0) is 17.4. The molecule has 2 aliphatic rings. The van der Waals surface area contributed by atoms with Crippen LogP contribution in [-0.2, 0) is 4.79 Å². The van der Waals surface area contributed by atoms with Crippen LogP contribution >= 0.6 is 0 Å². The first-order valence-corrected chi connectivity index (χ1v) is 9.19. The molecule has 2 aromatic carbocycles. The minimum Gasteiger partial charge on any atom is -0.426 e. The second kappa shape index (κ2) is 6.64. The molecule has 2 aliphatic heterocycles. The van der Waals surface area contributed by atoms with E-state index in [9.17, 15) is 4.79 Å².